The molecule has 112 valence electrons. The van der Waals surface area contributed by atoms with Crippen molar-refractivity contribution in [3.8, 4) is 0 Å². The van der Waals surface area contributed by atoms with Gasteiger partial charge in [-0.1, -0.05) is 19.1 Å². The molecule has 0 aliphatic carbocycles. The van der Waals surface area contributed by atoms with Crippen LogP contribution < -0.4 is 10.5 Å². The van der Waals surface area contributed by atoms with Crippen molar-refractivity contribution in [1.29, 1.82) is 0 Å². The number of nitrogens with two attached hydrogens (primary N) is 1. The fraction of sp³-hybridized carbons (Fsp3) is 0.200. The lowest BCUT2D eigenvalue weighted by Crippen LogP contribution is -2.14. The molecule has 0 aliphatic heterocycles. The van der Waals surface area contributed by atoms with E-state index in [1.165, 1.54) is 6.07 Å². The highest BCUT2D eigenvalue weighted by Gasteiger charge is 2.16. The van der Waals surface area contributed by atoms with Gasteiger partial charge >= 0.3 is 0 Å². The summed E-state index contributed by atoms with van der Waals surface area (Å²) >= 11 is 1.59. The average molecular weight is 322 g/mol. The van der Waals surface area contributed by atoms with Gasteiger partial charge in [-0.25, -0.2) is 8.42 Å². The summed E-state index contributed by atoms with van der Waals surface area (Å²) < 4.78 is 27.6. The molecule has 0 saturated heterocycles. The molecule has 2 aromatic carbocycles. The van der Waals surface area contributed by atoms with Crippen LogP contribution in [0.25, 0.3) is 0 Å². The molecule has 0 saturated carbocycles. The molecule has 4 nitrogen and oxygen atoms in total. The molecule has 0 unspecified atom stereocenters. The number of hydrogen-bond acceptors (Lipinski definition) is 4. The number of anilines is 2. The first-order valence-corrected chi connectivity index (χ1v) is 9.01. The topological polar surface area (TPSA) is 72.2 Å². The molecule has 2 aromatic rings. The third-order valence-electron chi connectivity index (χ3n) is 2.81. The SMILES string of the molecule is CCSc1ccccc1NS(=O)(=O)c1cc(C)cc(N)c1. The maximum atomic E-state index is 12.5. The summed E-state index contributed by atoms with van der Waals surface area (Å²) in [5, 5.41) is 0. The minimum absolute atomic E-state index is 0.177. The van der Waals surface area contributed by atoms with Crippen LogP contribution >= 0.6 is 11.8 Å². The lowest BCUT2D eigenvalue weighted by atomic mass is 10.2. The van der Waals surface area contributed by atoms with E-state index in [1.54, 1.807) is 30.0 Å². The van der Waals surface area contributed by atoms with Gasteiger partial charge < -0.3 is 5.73 Å². The summed E-state index contributed by atoms with van der Waals surface area (Å²) in [4.78, 5) is 1.08. The Morgan fingerprint density at radius 2 is 1.90 bits per heavy atom. The van der Waals surface area contributed by atoms with Crippen LogP contribution in [0.15, 0.2) is 52.3 Å². The number of sulfonamides is 1. The van der Waals surface area contributed by atoms with Crippen LogP contribution in [0.1, 0.15) is 12.5 Å². The maximum Gasteiger partial charge on any atom is 0.262 e. The molecule has 2 rings (SSSR count). The smallest absolute Gasteiger partial charge is 0.262 e. The van der Waals surface area contributed by atoms with E-state index in [4.69, 9.17) is 5.73 Å². The molecule has 3 N–H and O–H groups in total. The van der Waals surface area contributed by atoms with Crippen LogP contribution in [0, 0.1) is 6.92 Å². The largest absolute Gasteiger partial charge is 0.399 e. The lowest BCUT2D eigenvalue weighted by molar-refractivity contribution is 0.601. The van der Waals surface area contributed by atoms with Crippen LogP contribution in [0.5, 0.6) is 0 Å². The second-order valence-electron chi connectivity index (χ2n) is 4.61. The molecule has 0 bridgehead atoms. The molecule has 0 spiro atoms. The van der Waals surface area contributed by atoms with E-state index in [-0.39, 0.29) is 4.90 Å². The Hall–Kier alpha value is -1.66. The average Bonchev–Trinajstić information content (AvgIpc) is 2.40. The number of hydrogen-bond donors (Lipinski definition) is 2. The summed E-state index contributed by atoms with van der Waals surface area (Å²) in [6, 6.07) is 12.2. The Balaban J connectivity index is 2.37. The maximum absolute atomic E-state index is 12.5. The van der Waals surface area contributed by atoms with Crippen molar-refractivity contribution in [2.45, 2.75) is 23.6 Å². The number of nitrogens with one attached hydrogen (secondary N) is 1. The fourth-order valence-corrected chi connectivity index (χ4v) is 4.01. The van der Waals surface area contributed by atoms with Crippen molar-refractivity contribution < 1.29 is 8.42 Å². The zero-order chi connectivity index (χ0) is 15.5. The highest BCUT2D eigenvalue weighted by atomic mass is 32.2. The molecule has 0 heterocycles. The molecule has 0 atom stereocenters. The number of rotatable bonds is 5. The lowest BCUT2D eigenvalue weighted by Gasteiger charge is -2.12. The molecule has 0 fully saturated rings. The van der Waals surface area contributed by atoms with Gasteiger partial charge in [0.15, 0.2) is 0 Å². The monoisotopic (exact) mass is 322 g/mol. The van der Waals surface area contributed by atoms with Crippen molar-refractivity contribution in [2.24, 2.45) is 0 Å². The minimum atomic E-state index is -3.64. The van der Waals surface area contributed by atoms with E-state index in [2.05, 4.69) is 4.72 Å². The van der Waals surface area contributed by atoms with E-state index in [0.29, 0.717) is 11.4 Å². The standard InChI is InChI=1S/C15H18N2O2S2/c1-3-20-15-7-5-4-6-14(15)17-21(18,19)13-9-11(2)8-12(16)10-13/h4-10,17H,3,16H2,1-2H3. The van der Waals surface area contributed by atoms with Crippen LogP contribution in [-0.4, -0.2) is 14.2 Å². The summed E-state index contributed by atoms with van der Waals surface area (Å²) in [6.45, 7) is 3.84. The summed E-state index contributed by atoms with van der Waals surface area (Å²) in [5.74, 6) is 0.871. The van der Waals surface area contributed by atoms with E-state index in [9.17, 15) is 8.42 Å². The van der Waals surface area contributed by atoms with Crippen LogP contribution in [0.4, 0.5) is 11.4 Å². The van der Waals surface area contributed by atoms with Gasteiger partial charge in [-0.3, -0.25) is 4.72 Å². The van der Waals surface area contributed by atoms with Gasteiger partial charge in [-0.05, 0) is 48.6 Å². The van der Waals surface area contributed by atoms with Gasteiger partial charge in [0.1, 0.15) is 0 Å². The van der Waals surface area contributed by atoms with Crippen LogP contribution in [0.2, 0.25) is 0 Å². The normalized spacial score (nSPS) is 11.3. The first kappa shape index (κ1) is 15.7. The number of thioether (sulfide) groups is 1. The molecular formula is C15H18N2O2S2. The Morgan fingerprint density at radius 3 is 2.57 bits per heavy atom. The number of benzene rings is 2. The van der Waals surface area contributed by atoms with Crippen molar-refractivity contribution >= 4 is 33.2 Å². The first-order valence-electron chi connectivity index (χ1n) is 6.54. The van der Waals surface area contributed by atoms with E-state index in [0.717, 1.165) is 16.2 Å². The minimum Gasteiger partial charge on any atom is -0.399 e. The zero-order valence-corrected chi connectivity index (χ0v) is 13.6. The Kier molecular flexibility index (Phi) is 4.80. The summed E-state index contributed by atoms with van der Waals surface area (Å²) in [6.07, 6.45) is 0. The highest BCUT2D eigenvalue weighted by molar-refractivity contribution is 7.99. The van der Waals surface area contributed by atoms with Gasteiger partial charge in [0, 0.05) is 10.6 Å². The summed E-state index contributed by atoms with van der Waals surface area (Å²) in [7, 11) is -3.64. The second-order valence-corrected chi connectivity index (χ2v) is 7.60. The number of para-hydroxylation sites is 1. The molecule has 0 aromatic heterocycles. The van der Waals surface area contributed by atoms with E-state index < -0.39 is 10.0 Å². The van der Waals surface area contributed by atoms with Crippen LogP contribution in [-0.2, 0) is 10.0 Å². The highest BCUT2D eigenvalue weighted by Crippen LogP contribution is 2.29. The Bertz CT molecular complexity index is 723. The molecule has 0 amide bonds. The van der Waals surface area contributed by atoms with Crippen molar-refractivity contribution in [2.75, 3.05) is 16.2 Å². The predicted molar refractivity (Wildman–Crippen MR) is 89.2 cm³/mol. The second kappa shape index (κ2) is 6.41. The van der Waals surface area contributed by atoms with Gasteiger partial charge in [0.2, 0.25) is 0 Å². The molecule has 0 radical (unpaired) electrons. The Morgan fingerprint density at radius 1 is 1.19 bits per heavy atom. The zero-order valence-electron chi connectivity index (χ0n) is 12.0. The van der Waals surface area contributed by atoms with E-state index >= 15 is 0 Å². The van der Waals surface area contributed by atoms with Gasteiger partial charge in [0.25, 0.3) is 10.0 Å². The number of nitrogen functional groups attached to an aromatic ring is 1. The molecule has 6 heteroatoms. The van der Waals surface area contributed by atoms with Crippen molar-refractivity contribution in [3.63, 3.8) is 0 Å². The van der Waals surface area contributed by atoms with Crippen molar-refractivity contribution in [3.05, 3.63) is 48.0 Å². The van der Waals surface area contributed by atoms with Crippen LogP contribution in [0.3, 0.4) is 0 Å². The quantitative estimate of drug-likeness (QED) is 0.653. The summed E-state index contributed by atoms with van der Waals surface area (Å²) in [5.41, 5.74) is 7.57. The third kappa shape index (κ3) is 3.92. The van der Waals surface area contributed by atoms with Gasteiger partial charge in [-0.15, -0.1) is 11.8 Å². The fourth-order valence-electron chi connectivity index (χ4n) is 1.97. The number of aryl methyl sites for hydroxylation is 1. The molecule has 0 aliphatic rings. The van der Waals surface area contributed by atoms with Gasteiger partial charge in [-0.2, -0.15) is 0 Å². The predicted octanol–water partition coefficient (Wildman–Crippen LogP) is 3.49. The molecule has 21 heavy (non-hydrogen) atoms. The first-order chi connectivity index (χ1) is 9.92. The van der Waals surface area contributed by atoms with Gasteiger partial charge in [0.05, 0.1) is 10.6 Å². The van der Waals surface area contributed by atoms with Crippen molar-refractivity contribution in [1.82, 2.24) is 0 Å². The third-order valence-corrected chi connectivity index (χ3v) is 5.12. The molecular weight excluding hydrogens is 304 g/mol. The van der Waals surface area contributed by atoms with E-state index in [1.807, 2.05) is 32.0 Å². The Labute approximate surface area is 129 Å².